The fourth-order valence-corrected chi connectivity index (χ4v) is 2.63. The summed E-state index contributed by atoms with van der Waals surface area (Å²) < 4.78 is 27.0. The number of nitrogens with zero attached hydrogens (tertiary/aromatic N) is 1. The van der Waals surface area contributed by atoms with E-state index in [0.717, 1.165) is 0 Å². The normalized spacial score (nSPS) is 21.3. The maximum atomic E-state index is 11.3. The molecule has 0 aromatic carbocycles. The predicted octanol–water partition coefficient (Wildman–Crippen LogP) is -0.206. The summed E-state index contributed by atoms with van der Waals surface area (Å²) in [4.78, 5) is 12.6. The Morgan fingerprint density at radius 1 is 1.33 bits per heavy atom. The van der Waals surface area contributed by atoms with E-state index in [1.165, 1.54) is 13.2 Å². The van der Waals surface area contributed by atoms with E-state index in [2.05, 4.69) is 4.74 Å². The van der Waals surface area contributed by atoms with Gasteiger partial charge in [0.1, 0.15) is 0 Å². The molecule has 1 aliphatic rings. The van der Waals surface area contributed by atoms with Gasteiger partial charge in [0.15, 0.2) is 9.84 Å². The third-order valence-corrected chi connectivity index (χ3v) is 3.93. The maximum Gasteiger partial charge on any atom is 0.331 e. The van der Waals surface area contributed by atoms with Crippen molar-refractivity contribution >= 4 is 15.8 Å². The highest BCUT2D eigenvalue weighted by Crippen LogP contribution is 2.05. The van der Waals surface area contributed by atoms with Crippen LogP contribution in [-0.4, -0.2) is 51.0 Å². The molecule has 15 heavy (non-hydrogen) atoms. The van der Waals surface area contributed by atoms with Gasteiger partial charge in [-0.15, -0.1) is 0 Å². The molecule has 0 atom stereocenters. The number of methoxy groups -OCH3 is 1. The average molecular weight is 233 g/mol. The Morgan fingerprint density at radius 3 is 2.73 bits per heavy atom. The van der Waals surface area contributed by atoms with Crippen LogP contribution in [0.5, 0.6) is 0 Å². The van der Waals surface area contributed by atoms with E-state index >= 15 is 0 Å². The number of sulfone groups is 1. The van der Waals surface area contributed by atoms with Crippen LogP contribution < -0.4 is 0 Å². The summed E-state index contributed by atoms with van der Waals surface area (Å²) in [5.74, 6) is -0.0456. The van der Waals surface area contributed by atoms with Crippen molar-refractivity contribution in [3.63, 3.8) is 0 Å². The molecule has 0 unspecified atom stereocenters. The van der Waals surface area contributed by atoms with Crippen LogP contribution in [0.25, 0.3) is 0 Å². The highest BCUT2D eigenvalue weighted by molar-refractivity contribution is 7.91. The number of carbonyl (C=O) groups excluding carboxylic acids is 1. The van der Waals surface area contributed by atoms with Crippen LogP contribution >= 0.6 is 0 Å². The van der Waals surface area contributed by atoms with Gasteiger partial charge in [-0.25, -0.2) is 13.2 Å². The van der Waals surface area contributed by atoms with E-state index in [1.807, 2.05) is 4.90 Å². The molecular weight excluding hydrogens is 218 g/mol. The fourth-order valence-electron chi connectivity index (χ4n) is 1.34. The van der Waals surface area contributed by atoms with Crippen LogP contribution in [0.1, 0.15) is 6.42 Å². The van der Waals surface area contributed by atoms with Gasteiger partial charge in [0.25, 0.3) is 0 Å². The summed E-state index contributed by atoms with van der Waals surface area (Å²) in [5, 5.41) is 0. The lowest BCUT2D eigenvalue weighted by Crippen LogP contribution is -2.21. The standard InChI is InChI=1S/C9H15NO4S/c1-14-9(11)3-5-10-4-2-7-15(12,13)8-6-10/h3,5H,2,4,6-8H2,1H3/b5-3+. The van der Waals surface area contributed by atoms with Gasteiger partial charge in [0, 0.05) is 25.4 Å². The molecule has 5 nitrogen and oxygen atoms in total. The van der Waals surface area contributed by atoms with E-state index in [0.29, 0.717) is 19.5 Å². The smallest absolute Gasteiger partial charge is 0.331 e. The average Bonchev–Trinajstić information content (AvgIpc) is 2.36. The van der Waals surface area contributed by atoms with Crippen molar-refractivity contribution in [2.75, 3.05) is 31.7 Å². The third-order valence-electron chi connectivity index (χ3n) is 2.21. The van der Waals surface area contributed by atoms with Crippen molar-refractivity contribution in [2.45, 2.75) is 6.42 Å². The van der Waals surface area contributed by atoms with Gasteiger partial charge in [-0.1, -0.05) is 0 Å². The molecule has 6 heteroatoms. The number of ether oxygens (including phenoxy) is 1. The molecular formula is C9H15NO4S. The molecule has 0 saturated carbocycles. The van der Waals surface area contributed by atoms with E-state index in [1.54, 1.807) is 6.20 Å². The first-order chi connectivity index (χ1) is 7.03. The largest absolute Gasteiger partial charge is 0.466 e. The van der Waals surface area contributed by atoms with Crippen molar-refractivity contribution in [1.29, 1.82) is 0 Å². The Labute approximate surface area is 89.6 Å². The molecule has 0 radical (unpaired) electrons. The summed E-state index contributed by atoms with van der Waals surface area (Å²) in [5.41, 5.74) is 0. The zero-order valence-electron chi connectivity index (χ0n) is 8.68. The lowest BCUT2D eigenvalue weighted by molar-refractivity contribution is -0.134. The molecule has 0 aromatic heterocycles. The lowest BCUT2D eigenvalue weighted by atomic mass is 10.4. The molecule has 0 amide bonds. The van der Waals surface area contributed by atoms with Gasteiger partial charge < -0.3 is 9.64 Å². The van der Waals surface area contributed by atoms with E-state index in [9.17, 15) is 13.2 Å². The van der Waals surface area contributed by atoms with E-state index in [-0.39, 0.29) is 11.5 Å². The molecule has 86 valence electrons. The molecule has 1 saturated heterocycles. The maximum absolute atomic E-state index is 11.3. The molecule has 1 fully saturated rings. The predicted molar refractivity (Wildman–Crippen MR) is 56.0 cm³/mol. The Balaban J connectivity index is 2.51. The highest BCUT2D eigenvalue weighted by atomic mass is 32.2. The Kier molecular flexibility index (Phi) is 4.14. The topological polar surface area (TPSA) is 63.7 Å². The Hall–Kier alpha value is -1.04. The first-order valence-corrected chi connectivity index (χ1v) is 6.56. The van der Waals surface area contributed by atoms with E-state index < -0.39 is 15.8 Å². The van der Waals surface area contributed by atoms with Gasteiger partial charge >= 0.3 is 5.97 Å². The van der Waals surface area contributed by atoms with Gasteiger partial charge in [0.2, 0.25) is 0 Å². The van der Waals surface area contributed by atoms with Crippen LogP contribution in [0, 0.1) is 0 Å². The molecule has 1 aliphatic heterocycles. The minimum Gasteiger partial charge on any atom is -0.466 e. The molecule has 0 spiro atoms. The summed E-state index contributed by atoms with van der Waals surface area (Å²) in [7, 11) is -1.58. The van der Waals surface area contributed by atoms with Crippen LogP contribution in [0.2, 0.25) is 0 Å². The van der Waals surface area contributed by atoms with Crippen molar-refractivity contribution in [1.82, 2.24) is 4.90 Å². The lowest BCUT2D eigenvalue weighted by Gasteiger charge is -2.15. The van der Waals surface area contributed by atoms with Crippen molar-refractivity contribution in [2.24, 2.45) is 0 Å². The Morgan fingerprint density at radius 2 is 2.07 bits per heavy atom. The molecule has 0 bridgehead atoms. The number of hydrogen-bond donors (Lipinski definition) is 0. The van der Waals surface area contributed by atoms with Gasteiger partial charge in [-0.2, -0.15) is 0 Å². The zero-order valence-corrected chi connectivity index (χ0v) is 9.50. The van der Waals surface area contributed by atoms with Crippen molar-refractivity contribution in [3.8, 4) is 0 Å². The third kappa shape index (κ3) is 4.33. The minimum atomic E-state index is -2.89. The van der Waals surface area contributed by atoms with Crippen LogP contribution in [0.15, 0.2) is 12.3 Å². The summed E-state index contributed by atoms with van der Waals surface area (Å²) in [6.07, 6.45) is 3.50. The molecule has 1 rings (SSSR count). The number of rotatable bonds is 2. The quantitative estimate of drug-likeness (QED) is 0.488. The first-order valence-electron chi connectivity index (χ1n) is 4.74. The van der Waals surface area contributed by atoms with Gasteiger partial charge in [0.05, 0.1) is 18.6 Å². The summed E-state index contributed by atoms with van der Waals surface area (Å²) in [6.45, 7) is 1.10. The summed E-state index contributed by atoms with van der Waals surface area (Å²) >= 11 is 0. The monoisotopic (exact) mass is 233 g/mol. The second-order valence-corrected chi connectivity index (χ2v) is 5.68. The number of esters is 1. The van der Waals surface area contributed by atoms with E-state index in [4.69, 9.17) is 0 Å². The van der Waals surface area contributed by atoms with Crippen molar-refractivity contribution in [3.05, 3.63) is 12.3 Å². The summed E-state index contributed by atoms with van der Waals surface area (Å²) in [6, 6.07) is 0. The van der Waals surface area contributed by atoms with Gasteiger partial charge in [-0.3, -0.25) is 0 Å². The van der Waals surface area contributed by atoms with Crippen LogP contribution in [0.3, 0.4) is 0 Å². The number of hydrogen-bond acceptors (Lipinski definition) is 5. The fraction of sp³-hybridized carbons (Fsp3) is 0.667. The Bertz CT molecular complexity index is 347. The molecule has 0 aliphatic carbocycles. The SMILES string of the molecule is COC(=O)/C=C/N1CCCS(=O)(=O)CC1. The van der Waals surface area contributed by atoms with Gasteiger partial charge in [-0.05, 0) is 6.42 Å². The second kappa shape index (κ2) is 5.16. The molecule has 0 N–H and O–H groups in total. The van der Waals surface area contributed by atoms with Crippen LogP contribution in [-0.2, 0) is 19.4 Å². The van der Waals surface area contributed by atoms with Crippen LogP contribution in [0.4, 0.5) is 0 Å². The zero-order chi connectivity index (χ0) is 11.3. The minimum absolute atomic E-state index is 0.151. The van der Waals surface area contributed by atoms with Crippen molar-refractivity contribution < 1.29 is 17.9 Å². The number of carbonyl (C=O) groups is 1. The molecule has 1 heterocycles. The molecule has 0 aromatic rings. The second-order valence-electron chi connectivity index (χ2n) is 3.38. The first kappa shape index (κ1) is 12.0. The highest BCUT2D eigenvalue weighted by Gasteiger charge is 2.16.